The number of nitrogens with zero attached hydrogens (tertiary/aromatic N) is 1. The normalized spacial score (nSPS) is 23.4. The van der Waals surface area contributed by atoms with Crippen molar-refractivity contribution in [3.05, 3.63) is 23.8 Å². The first-order chi connectivity index (χ1) is 12.1. The lowest BCUT2D eigenvalue weighted by Crippen LogP contribution is -2.37. The second-order valence-corrected chi connectivity index (χ2v) is 7.27. The molecule has 0 atom stereocenters. The van der Waals surface area contributed by atoms with E-state index in [9.17, 15) is 9.59 Å². The maximum absolute atomic E-state index is 12.6. The zero-order valence-corrected chi connectivity index (χ0v) is 15.2. The number of ether oxygens (including phenoxy) is 1. The van der Waals surface area contributed by atoms with Gasteiger partial charge in [0.1, 0.15) is 5.75 Å². The molecule has 5 heteroatoms. The molecule has 1 saturated carbocycles. The fourth-order valence-electron chi connectivity index (χ4n) is 3.95. The number of rotatable bonds is 4. The van der Waals surface area contributed by atoms with E-state index in [0.717, 1.165) is 62.9 Å². The van der Waals surface area contributed by atoms with Gasteiger partial charge < -0.3 is 15.0 Å². The lowest BCUT2D eigenvalue weighted by atomic mass is 9.81. The summed E-state index contributed by atoms with van der Waals surface area (Å²) >= 11 is 0. The number of carbonyl (C=O) groups is 2. The summed E-state index contributed by atoms with van der Waals surface area (Å²) in [4.78, 5) is 27.1. The van der Waals surface area contributed by atoms with Crippen molar-refractivity contribution in [2.24, 2.45) is 11.8 Å². The molecule has 0 radical (unpaired) electrons. The van der Waals surface area contributed by atoms with Gasteiger partial charge in [-0.2, -0.15) is 0 Å². The van der Waals surface area contributed by atoms with Crippen LogP contribution < -0.4 is 10.1 Å². The molecule has 3 rings (SSSR count). The summed E-state index contributed by atoms with van der Waals surface area (Å²) in [5, 5.41) is 3.01. The number of amides is 2. The van der Waals surface area contributed by atoms with Gasteiger partial charge in [-0.3, -0.25) is 9.59 Å². The van der Waals surface area contributed by atoms with Gasteiger partial charge in [0.2, 0.25) is 11.8 Å². The summed E-state index contributed by atoms with van der Waals surface area (Å²) in [5.41, 5.74) is 1.80. The molecule has 1 aliphatic carbocycles. The minimum atomic E-state index is -0.0205. The first kappa shape index (κ1) is 17.8. The number of anilines is 1. The number of methoxy groups -OCH3 is 1. The van der Waals surface area contributed by atoms with Gasteiger partial charge in [0, 0.05) is 24.9 Å². The Morgan fingerprint density at radius 1 is 1.08 bits per heavy atom. The Morgan fingerprint density at radius 3 is 2.36 bits per heavy atom. The quantitative estimate of drug-likeness (QED) is 0.911. The zero-order valence-electron chi connectivity index (χ0n) is 15.2. The molecule has 136 valence electrons. The van der Waals surface area contributed by atoms with Crippen LogP contribution in [0, 0.1) is 18.8 Å². The van der Waals surface area contributed by atoms with Gasteiger partial charge >= 0.3 is 0 Å². The molecule has 2 amide bonds. The third-order valence-electron chi connectivity index (χ3n) is 5.48. The summed E-state index contributed by atoms with van der Waals surface area (Å²) in [7, 11) is 1.61. The molecule has 0 unspecified atom stereocenters. The lowest BCUT2D eigenvalue weighted by molar-refractivity contribution is -0.136. The van der Waals surface area contributed by atoms with Crippen LogP contribution in [0.4, 0.5) is 5.69 Å². The molecule has 0 bridgehead atoms. The predicted octanol–water partition coefficient (Wildman–Crippen LogP) is 3.37. The Morgan fingerprint density at radius 2 is 1.72 bits per heavy atom. The molecule has 5 nitrogen and oxygen atoms in total. The van der Waals surface area contributed by atoms with E-state index >= 15 is 0 Å². The van der Waals surface area contributed by atoms with Crippen molar-refractivity contribution in [2.75, 3.05) is 25.5 Å². The molecular formula is C20H28N2O3. The van der Waals surface area contributed by atoms with Crippen molar-refractivity contribution in [1.29, 1.82) is 0 Å². The zero-order chi connectivity index (χ0) is 17.8. The average Bonchev–Trinajstić information content (AvgIpc) is 3.16. The second-order valence-electron chi connectivity index (χ2n) is 7.27. The number of benzene rings is 1. The van der Waals surface area contributed by atoms with E-state index in [4.69, 9.17) is 4.74 Å². The molecule has 0 aromatic heterocycles. The number of aryl methyl sites for hydroxylation is 1. The van der Waals surface area contributed by atoms with Gasteiger partial charge in [0.25, 0.3) is 0 Å². The van der Waals surface area contributed by atoms with Gasteiger partial charge in [0.15, 0.2) is 0 Å². The van der Waals surface area contributed by atoms with Crippen LogP contribution in [0.15, 0.2) is 18.2 Å². The predicted molar refractivity (Wildman–Crippen MR) is 97.6 cm³/mol. The largest absolute Gasteiger partial charge is 0.495 e. The topological polar surface area (TPSA) is 58.6 Å². The van der Waals surface area contributed by atoms with Crippen molar-refractivity contribution < 1.29 is 14.3 Å². The van der Waals surface area contributed by atoms with Gasteiger partial charge in [-0.1, -0.05) is 6.07 Å². The van der Waals surface area contributed by atoms with Crippen molar-refractivity contribution in [3.8, 4) is 5.75 Å². The van der Waals surface area contributed by atoms with E-state index in [1.807, 2.05) is 30.0 Å². The summed E-state index contributed by atoms with van der Waals surface area (Å²) in [5.74, 6) is 1.10. The third-order valence-corrected chi connectivity index (χ3v) is 5.48. The molecule has 25 heavy (non-hydrogen) atoms. The highest BCUT2D eigenvalue weighted by molar-refractivity contribution is 5.94. The Balaban J connectivity index is 1.55. The first-order valence-electron chi connectivity index (χ1n) is 9.33. The van der Waals surface area contributed by atoms with Crippen LogP contribution in [0.5, 0.6) is 5.75 Å². The molecule has 2 aliphatic rings. The smallest absolute Gasteiger partial charge is 0.227 e. The van der Waals surface area contributed by atoms with Crippen molar-refractivity contribution in [1.82, 2.24) is 4.90 Å². The SMILES string of the molecule is COc1ccc(C)cc1NC(=O)C1CCC(C(=O)N2CCCC2)CC1. The van der Waals surface area contributed by atoms with Crippen LogP contribution in [0.25, 0.3) is 0 Å². The van der Waals surface area contributed by atoms with Gasteiger partial charge in [0.05, 0.1) is 12.8 Å². The number of carbonyl (C=O) groups excluding carboxylic acids is 2. The summed E-state index contributed by atoms with van der Waals surface area (Å²) < 4.78 is 5.33. The van der Waals surface area contributed by atoms with Crippen molar-refractivity contribution >= 4 is 17.5 Å². The van der Waals surface area contributed by atoms with Gasteiger partial charge in [-0.25, -0.2) is 0 Å². The van der Waals surface area contributed by atoms with Crippen LogP contribution in [0.2, 0.25) is 0 Å². The van der Waals surface area contributed by atoms with E-state index in [2.05, 4.69) is 5.32 Å². The minimum absolute atomic E-state index is 0.0205. The molecule has 1 heterocycles. The molecule has 1 N–H and O–H groups in total. The van der Waals surface area contributed by atoms with Crippen LogP contribution >= 0.6 is 0 Å². The number of hydrogen-bond donors (Lipinski definition) is 1. The fraction of sp³-hybridized carbons (Fsp3) is 0.600. The van der Waals surface area contributed by atoms with Crippen LogP contribution in [-0.2, 0) is 9.59 Å². The Kier molecular flexibility index (Phi) is 5.61. The van der Waals surface area contributed by atoms with Crippen LogP contribution in [0.3, 0.4) is 0 Å². The minimum Gasteiger partial charge on any atom is -0.495 e. The summed E-state index contributed by atoms with van der Waals surface area (Å²) in [6.45, 7) is 3.81. The molecule has 1 aromatic rings. The highest BCUT2D eigenvalue weighted by Crippen LogP contribution is 2.33. The first-order valence-corrected chi connectivity index (χ1v) is 9.33. The maximum atomic E-state index is 12.6. The van der Waals surface area contributed by atoms with Gasteiger partial charge in [-0.15, -0.1) is 0 Å². The van der Waals surface area contributed by atoms with E-state index in [0.29, 0.717) is 11.7 Å². The monoisotopic (exact) mass is 344 g/mol. The Hall–Kier alpha value is -2.04. The lowest BCUT2D eigenvalue weighted by Gasteiger charge is -2.30. The van der Waals surface area contributed by atoms with Crippen molar-refractivity contribution in [3.63, 3.8) is 0 Å². The third kappa shape index (κ3) is 4.14. The highest BCUT2D eigenvalue weighted by Gasteiger charge is 2.33. The Labute approximate surface area is 149 Å². The number of nitrogens with one attached hydrogen (secondary N) is 1. The summed E-state index contributed by atoms with van der Waals surface area (Å²) in [6.07, 6.45) is 5.45. The average molecular weight is 344 g/mol. The molecule has 0 spiro atoms. The van der Waals surface area contributed by atoms with Crippen LogP contribution in [0.1, 0.15) is 44.1 Å². The standard InChI is InChI=1S/C20H28N2O3/c1-14-5-10-18(25-2)17(13-14)21-19(23)15-6-8-16(9-7-15)20(24)22-11-3-4-12-22/h5,10,13,15-16H,3-4,6-9,11-12H2,1-2H3,(H,21,23). The summed E-state index contributed by atoms with van der Waals surface area (Å²) in [6, 6.07) is 5.76. The maximum Gasteiger partial charge on any atom is 0.227 e. The van der Waals surface area contributed by atoms with Gasteiger partial charge in [-0.05, 0) is 63.1 Å². The molecule has 1 saturated heterocycles. The van der Waals surface area contributed by atoms with E-state index in [1.165, 1.54) is 0 Å². The number of hydrogen-bond acceptors (Lipinski definition) is 3. The highest BCUT2D eigenvalue weighted by atomic mass is 16.5. The Bertz CT molecular complexity index is 630. The van der Waals surface area contributed by atoms with E-state index in [-0.39, 0.29) is 17.7 Å². The van der Waals surface area contributed by atoms with E-state index < -0.39 is 0 Å². The molecule has 1 aromatic carbocycles. The van der Waals surface area contributed by atoms with Crippen molar-refractivity contribution in [2.45, 2.75) is 45.4 Å². The molecule has 2 fully saturated rings. The van der Waals surface area contributed by atoms with E-state index in [1.54, 1.807) is 7.11 Å². The molecular weight excluding hydrogens is 316 g/mol. The second kappa shape index (κ2) is 7.89. The van der Waals surface area contributed by atoms with Crippen LogP contribution in [-0.4, -0.2) is 36.9 Å². The fourth-order valence-corrected chi connectivity index (χ4v) is 3.95. The molecule has 1 aliphatic heterocycles. The number of likely N-dealkylation sites (tertiary alicyclic amines) is 1.